The molecule has 0 fully saturated rings. The number of nitrogens with zero attached hydrogens (tertiary/aromatic N) is 1. The quantitative estimate of drug-likeness (QED) is 0.684. The summed E-state index contributed by atoms with van der Waals surface area (Å²) in [6.07, 6.45) is -0.0324. The largest absolute Gasteiger partial charge is 0.444 e. The third-order valence-electron chi connectivity index (χ3n) is 2.24. The molecule has 1 N–H and O–H groups in total. The van der Waals surface area contributed by atoms with E-state index in [9.17, 15) is 9.59 Å². The molecule has 0 radical (unpaired) electrons. The molecule has 1 aromatic heterocycles. The van der Waals surface area contributed by atoms with E-state index in [-0.39, 0.29) is 0 Å². The molecule has 6 heteroatoms. The molecule has 0 saturated carbocycles. The topological polar surface area (TPSA) is 68.3 Å². The number of amides is 1. The molecule has 0 spiro atoms. The monoisotopic (exact) mass is 328 g/mol. The van der Waals surface area contributed by atoms with Crippen molar-refractivity contribution in [2.24, 2.45) is 0 Å². The van der Waals surface area contributed by atoms with Crippen molar-refractivity contribution in [2.45, 2.75) is 38.8 Å². The van der Waals surface area contributed by atoms with Gasteiger partial charge in [0.2, 0.25) is 0 Å². The molecule has 0 saturated heterocycles. The van der Waals surface area contributed by atoms with Crippen LogP contribution in [0.25, 0.3) is 0 Å². The Bertz CT molecular complexity index is 485. The third-order valence-corrected chi connectivity index (χ3v) is 2.69. The van der Waals surface area contributed by atoms with E-state index in [0.717, 1.165) is 0 Å². The van der Waals surface area contributed by atoms with E-state index >= 15 is 0 Å². The minimum Gasteiger partial charge on any atom is -0.444 e. The lowest BCUT2D eigenvalue weighted by atomic mass is 9.99. The molecule has 1 heterocycles. The molecular weight excluding hydrogens is 312 g/mol. The van der Waals surface area contributed by atoms with Crippen LogP contribution in [-0.4, -0.2) is 23.0 Å². The Kier molecular flexibility index (Phi) is 4.68. The third kappa shape index (κ3) is 4.63. The number of nitrogens with one attached hydrogen (secondary N) is 1. The van der Waals surface area contributed by atoms with E-state index in [0.29, 0.717) is 16.6 Å². The smallest absolute Gasteiger partial charge is 0.408 e. The fourth-order valence-corrected chi connectivity index (χ4v) is 1.71. The van der Waals surface area contributed by atoms with Gasteiger partial charge in [0, 0.05) is 0 Å². The summed E-state index contributed by atoms with van der Waals surface area (Å²) >= 11 is 3.23. The van der Waals surface area contributed by atoms with Gasteiger partial charge < -0.3 is 14.8 Å². The predicted molar refractivity (Wildman–Crippen MR) is 74.7 cm³/mol. The zero-order valence-corrected chi connectivity index (χ0v) is 12.9. The Balaban J connectivity index is 2.93. The highest BCUT2D eigenvalue weighted by Gasteiger charge is 2.31. The maximum atomic E-state index is 11.8. The number of hydrogen-bond donors (Lipinski definition) is 1. The highest BCUT2D eigenvalue weighted by molar-refractivity contribution is 9.10. The van der Waals surface area contributed by atoms with Crippen LogP contribution in [0.4, 0.5) is 4.79 Å². The summed E-state index contributed by atoms with van der Waals surface area (Å²) in [5, 5.41) is 2.53. The fourth-order valence-electron chi connectivity index (χ4n) is 1.37. The second-order valence-electron chi connectivity index (χ2n) is 5.29. The van der Waals surface area contributed by atoms with Crippen molar-refractivity contribution in [3.8, 4) is 0 Å². The van der Waals surface area contributed by atoms with Gasteiger partial charge in [0.1, 0.15) is 15.7 Å². The Morgan fingerprint density at radius 2 is 2.00 bits per heavy atom. The number of ether oxygens (including phenoxy) is 1. The summed E-state index contributed by atoms with van der Waals surface area (Å²) in [6, 6.07) is 5.14. The second-order valence-corrected chi connectivity index (χ2v) is 6.11. The van der Waals surface area contributed by atoms with Gasteiger partial charge >= 0.3 is 6.09 Å². The van der Waals surface area contributed by atoms with E-state index in [4.69, 9.17) is 4.74 Å². The first-order chi connectivity index (χ1) is 8.66. The van der Waals surface area contributed by atoms with Gasteiger partial charge in [-0.3, -0.25) is 0 Å². The van der Waals surface area contributed by atoms with Crippen LogP contribution < -0.4 is 5.32 Å². The number of carbonyl (C=O) groups is 2. The van der Waals surface area contributed by atoms with Crippen LogP contribution in [0.2, 0.25) is 0 Å². The molecule has 1 unspecified atom stereocenters. The van der Waals surface area contributed by atoms with Crippen molar-refractivity contribution in [1.29, 1.82) is 0 Å². The van der Waals surface area contributed by atoms with Gasteiger partial charge in [-0.15, -0.1) is 0 Å². The maximum Gasteiger partial charge on any atom is 0.408 e. The number of alkyl carbamates (subject to hydrolysis) is 1. The number of rotatable bonds is 3. The first-order valence-corrected chi connectivity index (χ1v) is 6.56. The molecular formula is C13H17BrN2O3. The van der Waals surface area contributed by atoms with Gasteiger partial charge in [-0.2, -0.15) is 0 Å². The molecule has 0 aliphatic carbocycles. The summed E-state index contributed by atoms with van der Waals surface area (Å²) in [6.45, 7) is 6.82. The average molecular weight is 329 g/mol. The standard InChI is InChI=1S/C13H17BrN2O3/c1-12(2,3)19-11(18)16-13(4,8-17)9-6-5-7-10(14)15-9/h5-8H,1-4H3,(H,16,18). The fraction of sp³-hybridized carbons (Fsp3) is 0.462. The summed E-state index contributed by atoms with van der Waals surface area (Å²) in [5.74, 6) is 0. The van der Waals surface area contributed by atoms with Crippen molar-refractivity contribution in [1.82, 2.24) is 10.3 Å². The second kappa shape index (κ2) is 5.69. The van der Waals surface area contributed by atoms with E-state index in [1.54, 1.807) is 45.9 Å². The Morgan fingerprint density at radius 3 is 2.47 bits per heavy atom. The number of carbonyl (C=O) groups excluding carboxylic acids is 2. The van der Waals surface area contributed by atoms with E-state index in [1.807, 2.05) is 0 Å². The lowest BCUT2D eigenvalue weighted by Crippen LogP contribution is -2.47. The summed E-state index contributed by atoms with van der Waals surface area (Å²) in [4.78, 5) is 27.3. The van der Waals surface area contributed by atoms with Crippen molar-refractivity contribution >= 4 is 28.3 Å². The number of halogens is 1. The van der Waals surface area contributed by atoms with Crippen molar-refractivity contribution < 1.29 is 14.3 Å². The van der Waals surface area contributed by atoms with Crippen LogP contribution in [0.1, 0.15) is 33.4 Å². The molecule has 104 valence electrons. The minimum absolute atomic E-state index is 0.433. The van der Waals surface area contributed by atoms with Crippen molar-refractivity contribution in [3.05, 3.63) is 28.5 Å². The lowest BCUT2D eigenvalue weighted by Gasteiger charge is -2.27. The van der Waals surface area contributed by atoms with Crippen LogP contribution >= 0.6 is 15.9 Å². The summed E-state index contributed by atoms with van der Waals surface area (Å²) < 4.78 is 5.73. The van der Waals surface area contributed by atoms with Gasteiger partial charge in [0.05, 0.1) is 5.69 Å². The highest BCUT2D eigenvalue weighted by atomic mass is 79.9. The maximum absolute atomic E-state index is 11.8. The first kappa shape index (κ1) is 15.6. The Morgan fingerprint density at radius 1 is 1.37 bits per heavy atom. The van der Waals surface area contributed by atoms with Gasteiger partial charge in [0.25, 0.3) is 0 Å². The summed E-state index contributed by atoms with van der Waals surface area (Å²) in [7, 11) is 0. The van der Waals surface area contributed by atoms with Crippen molar-refractivity contribution in [3.63, 3.8) is 0 Å². The number of pyridine rings is 1. The zero-order valence-electron chi connectivity index (χ0n) is 11.4. The molecule has 0 aliphatic rings. The van der Waals surface area contributed by atoms with Gasteiger partial charge in [-0.05, 0) is 55.8 Å². The van der Waals surface area contributed by atoms with Crippen LogP contribution in [0, 0.1) is 0 Å². The molecule has 5 nitrogen and oxygen atoms in total. The molecule has 19 heavy (non-hydrogen) atoms. The van der Waals surface area contributed by atoms with Crippen LogP contribution in [0.15, 0.2) is 22.8 Å². The Hall–Kier alpha value is -1.43. The number of hydrogen-bond acceptors (Lipinski definition) is 4. The normalized spacial score (nSPS) is 14.4. The SMILES string of the molecule is CC(C)(C)OC(=O)NC(C)(C=O)c1cccc(Br)n1. The minimum atomic E-state index is -1.23. The number of aromatic nitrogens is 1. The Labute approximate surface area is 120 Å². The molecule has 1 rings (SSSR count). The molecule has 1 aromatic rings. The summed E-state index contributed by atoms with van der Waals surface area (Å²) in [5.41, 5.74) is -1.42. The predicted octanol–water partition coefficient (Wildman–Crippen LogP) is 2.78. The first-order valence-electron chi connectivity index (χ1n) is 5.77. The molecule has 1 atom stereocenters. The highest BCUT2D eigenvalue weighted by Crippen LogP contribution is 2.19. The van der Waals surface area contributed by atoms with E-state index < -0.39 is 17.2 Å². The van der Waals surface area contributed by atoms with Crippen LogP contribution in [0.3, 0.4) is 0 Å². The molecule has 0 aromatic carbocycles. The van der Waals surface area contributed by atoms with Crippen LogP contribution in [-0.2, 0) is 15.1 Å². The van der Waals surface area contributed by atoms with Crippen LogP contribution in [0.5, 0.6) is 0 Å². The molecule has 0 bridgehead atoms. The van der Waals surface area contributed by atoms with E-state index in [1.165, 1.54) is 0 Å². The van der Waals surface area contributed by atoms with Crippen molar-refractivity contribution in [2.75, 3.05) is 0 Å². The van der Waals surface area contributed by atoms with Gasteiger partial charge in [0.15, 0.2) is 6.29 Å². The zero-order chi connectivity index (χ0) is 14.7. The van der Waals surface area contributed by atoms with Gasteiger partial charge in [-0.1, -0.05) is 6.07 Å². The molecule has 0 aliphatic heterocycles. The lowest BCUT2D eigenvalue weighted by molar-refractivity contribution is -0.113. The number of aldehydes is 1. The van der Waals surface area contributed by atoms with E-state index in [2.05, 4.69) is 26.2 Å². The average Bonchev–Trinajstić information content (AvgIpc) is 2.26. The molecule has 1 amide bonds. The van der Waals surface area contributed by atoms with Gasteiger partial charge in [-0.25, -0.2) is 9.78 Å².